The van der Waals surface area contributed by atoms with Crippen molar-refractivity contribution in [1.82, 2.24) is 4.90 Å². The molecule has 0 aliphatic carbocycles. The van der Waals surface area contributed by atoms with E-state index in [4.69, 9.17) is 10.5 Å². The quantitative estimate of drug-likeness (QED) is 0.746. The van der Waals surface area contributed by atoms with E-state index in [1.165, 1.54) is 0 Å². The first-order valence-electron chi connectivity index (χ1n) is 5.70. The van der Waals surface area contributed by atoms with E-state index in [0.29, 0.717) is 6.54 Å². The molecule has 1 aliphatic rings. The first-order chi connectivity index (χ1) is 7.11. The number of carbonyl (C=O) groups excluding carboxylic acids is 1. The van der Waals surface area contributed by atoms with Gasteiger partial charge in [0.15, 0.2) is 0 Å². The van der Waals surface area contributed by atoms with Crippen LogP contribution in [-0.2, 0) is 9.53 Å². The zero-order chi connectivity index (χ0) is 11.4. The van der Waals surface area contributed by atoms with Crippen LogP contribution in [-0.4, -0.2) is 43.2 Å². The second-order valence-corrected chi connectivity index (χ2v) is 4.22. The highest BCUT2D eigenvalue weighted by atomic mass is 16.5. The van der Waals surface area contributed by atoms with Gasteiger partial charge < -0.3 is 15.4 Å². The van der Waals surface area contributed by atoms with Crippen LogP contribution in [0.25, 0.3) is 0 Å². The summed E-state index contributed by atoms with van der Waals surface area (Å²) in [5.74, 6) is 0.116. The molecule has 3 unspecified atom stereocenters. The van der Waals surface area contributed by atoms with Crippen molar-refractivity contribution in [3.63, 3.8) is 0 Å². The fourth-order valence-electron chi connectivity index (χ4n) is 2.12. The first-order valence-corrected chi connectivity index (χ1v) is 5.70. The van der Waals surface area contributed by atoms with Gasteiger partial charge in [-0.1, -0.05) is 6.92 Å². The summed E-state index contributed by atoms with van der Waals surface area (Å²) >= 11 is 0. The highest BCUT2D eigenvalue weighted by Crippen LogP contribution is 2.20. The Morgan fingerprint density at radius 1 is 1.67 bits per heavy atom. The van der Waals surface area contributed by atoms with Gasteiger partial charge in [-0.3, -0.25) is 4.79 Å². The van der Waals surface area contributed by atoms with E-state index in [1.54, 1.807) is 0 Å². The lowest BCUT2D eigenvalue weighted by Gasteiger charge is -2.29. The number of nitrogens with zero attached hydrogens (tertiary/aromatic N) is 1. The molecule has 0 aromatic heterocycles. The average Bonchev–Trinajstić information content (AvgIpc) is 2.65. The molecule has 0 radical (unpaired) electrons. The number of hydrogen-bond donors (Lipinski definition) is 1. The Balaban J connectivity index is 2.58. The van der Waals surface area contributed by atoms with Gasteiger partial charge in [0.2, 0.25) is 5.91 Å². The van der Waals surface area contributed by atoms with Crippen LogP contribution in [0.15, 0.2) is 0 Å². The highest BCUT2D eigenvalue weighted by molar-refractivity contribution is 5.79. The minimum atomic E-state index is -0.0391. The van der Waals surface area contributed by atoms with Gasteiger partial charge in [-0.25, -0.2) is 0 Å². The van der Waals surface area contributed by atoms with Crippen LogP contribution in [0.1, 0.15) is 26.7 Å². The van der Waals surface area contributed by atoms with Crippen LogP contribution in [0.5, 0.6) is 0 Å². The normalized spacial score (nSPS) is 27.7. The lowest BCUT2D eigenvalue weighted by atomic mass is 10.0. The molecule has 88 valence electrons. The van der Waals surface area contributed by atoms with Crippen molar-refractivity contribution >= 4 is 5.91 Å². The van der Waals surface area contributed by atoms with E-state index in [1.807, 2.05) is 25.8 Å². The summed E-state index contributed by atoms with van der Waals surface area (Å²) in [6, 6.07) is 0.220. The van der Waals surface area contributed by atoms with Gasteiger partial charge in [0.05, 0.1) is 18.1 Å². The summed E-state index contributed by atoms with van der Waals surface area (Å²) < 4.78 is 5.46. The third kappa shape index (κ3) is 2.69. The maximum atomic E-state index is 12.0. The summed E-state index contributed by atoms with van der Waals surface area (Å²) in [7, 11) is 1.86. The molecular formula is C11H22N2O2. The van der Waals surface area contributed by atoms with E-state index in [-0.39, 0.29) is 24.0 Å². The molecule has 4 heteroatoms. The Bertz CT molecular complexity index is 217. The molecule has 1 heterocycles. The maximum absolute atomic E-state index is 12.0. The van der Waals surface area contributed by atoms with Crippen molar-refractivity contribution in [1.29, 1.82) is 0 Å². The molecule has 1 rings (SSSR count). The van der Waals surface area contributed by atoms with Crippen LogP contribution < -0.4 is 5.73 Å². The van der Waals surface area contributed by atoms with Gasteiger partial charge in [0.1, 0.15) is 0 Å². The Hall–Kier alpha value is -0.610. The lowest BCUT2D eigenvalue weighted by molar-refractivity contribution is -0.137. The number of likely N-dealkylation sites (N-methyl/N-ethyl adjacent to an activating group) is 1. The number of amides is 1. The minimum Gasteiger partial charge on any atom is -0.376 e. The fraction of sp³-hybridized carbons (Fsp3) is 0.909. The predicted octanol–water partition coefficient (Wildman–Crippen LogP) is 0.607. The van der Waals surface area contributed by atoms with E-state index in [0.717, 1.165) is 19.4 Å². The summed E-state index contributed by atoms with van der Waals surface area (Å²) in [4.78, 5) is 13.8. The van der Waals surface area contributed by atoms with Crippen molar-refractivity contribution in [2.45, 2.75) is 38.8 Å². The van der Waals surface area contributed by atoms with Gasteiger partial charge in [-0.05, 0) is 19.8 Å². The molecule has 0 bridgehead atoms. The molecule has 1 fully saturated rings. The number of hydrogen-bond acceptors (Lipinski definition) is 3. The van der Waals surface area contributed by atoms with Crippen LogP contribution in [0.4, 0.5) is 0 Å². The molecule has 1 aliphatic heterocycles. The zero-order valence-electron chi connectivity index (χ0n) is 9.90. The number of carbonyl (C=O) groups is 1. The molecule has 3 atom stereocenters. The fourth-order valence-corrected chi connectivity index (χ4v) is 2.12. The largest absolute Gasteiger partial charge is 0.376 e. The molecule has 1 amide bonds. The molecule has 1 saturated heterocycles. The Morgan fingerprint density at radius 2 is 2.33 bits per heavy atom. The molecule has 0 spiro atoms. The highest BCUT2D eigenvalue weighted by Gasteiger charge is 2.32. The van der Waals surface area contributed by atoms with Crippen LogP contribution in [0.2, 0.25) is 0 Å². The van der Waals surface area contributed by atoms with Gasteiger partial charge in [-0.2, -0.15) is 0 Å². The number of nitrogens with two attached hydrogens (primary N) is 1. The van der Waals surface area contributed by atoms with E-state index in [2.05, 4.69) is 0 Å². The summed E-state index contributed by atoms with van der Waals surface area (Å²) in [6.07, 6.45) is 1.89. The van der Waals surface area contributed by atoms with Crippen molar-refractivity contribution in [2.75, 3.05) is 20.2 Å². The van der Waals surface area contributed by atoms with Crippen LogP contribution >= 0.6 is 0 Å². The summed E-state index contributed by atoms with van der Waals surface area (Å²) in [5, 5.41) is 0. The van der Waals surface area contributed by atoms with Gasteiger partial charge >= 0.3 is 0 Å². The molecule has 0 saturated carbocycles. The molecule has 2 N–H and O–H groups in total. The average molecular weight is 214 g/mol. The van der Waals surface area contributed by atoms with Crippen molar-refractivity contribution in [2.24, 2.45) is 11.7 Å². The Morgan fingerprint density at radius 3 is 2.73 bits per heavy atom. The Labute approximate surface area is 91.8 Å². The lowest BCUT2D eigenvalue weighted by Crippen LogP contribution is -2.45. The number of rotatable bonds is 4. The third-order valence-corrected chi connectivity index (χ3v) is 3.31. The van der Waals surface area contributed by atoms with Gasteiger partial charge in [0.25, 0.3) is 0 Å². The second-order valence-electron chi connectivity index (χ2n) is 4.22. The van der Waals surface area contributed by atoms with Gasteiger partial charge in [0, 0.05) is 20.2 Å². The third-order valence-electron chi connectivity index (χ3n) is 3.31. The second kappa shape index (κ2) is 5.47. The van der Waals surface area contributed by atoms with Crippen molar-refractivity contribution in [3.05, 3.63) is 0 Å². The van der Waals surface area contributed by atoms with E-state index < -0.39 is 0 Å². The van der Waals surface area contributed by atoms with E-state index in [9.17, 15) is 4.79 Å². The smallest absolute Gasteiger partial charge is 0.227 e. The SMILES string of the molecule is CCC(CN)C(=O)N(C)C1CCOC1C. The monoisotopic (exact) mass is 214 g/mol. The molecular weight excluding hydrogens is 192 g/mol. The molecule has 4 nitrogen and oxygen atoms in total. The Kier molecular flexibility index (Phi) is 4.54. The van der Waals surface area contributed by atoms with Gasteiger partial charge in [-0.15, -0.1) is 0 Å². The zero-order valence-corrected chi connectivity index (χ0v) is 9.90. The standard InChI is InChI=1S/C11H22N2O2/c1-4-9(7-12)11(14)13(3)10-5-6-15-8(10)2/h8-10H,4-7,12H2,1-3H3. The minimum absolute atomic E-state index is 0.0391. The predicted molar refractivity (Wildman–Crippen MR) is 59.4 cm³/mol. The molecule has 15 heavy (non-hydrogen) atoms. The van der Waals surface area contributed by atoms with E-state index >= 15 is 0 Å². The number of ether oxygens (including phenoxy) is 1. The molecule has 0 aromatic rings. The van der Waals surface area contributed by atoms with Crippen molar-refractivity contribution in [3.8, 4) is 0 Å². The van der Waals surface area contributed by atoms with Crippen LogP contribution in [0.3, 0.4) is 0 Å². The molecule has 0 aromatic carbocycles. The maximum Gasteiger partial charge on any atom is 0.227 e. The summed E-state index contributed by atoms with van der Waals surface area (Å²) in [5.41, 5.74) is 5.58. The van der Waals surface area contributed by atoms with Crippen molar-refractivity contribution < 1.29 is 9.53 Å². The van der Waals surface area contributed by atoms with Crippen LogP contribution in [0, 0.1) is 5.92 Å². The topological polar surface area (TPSA) is 55.6 Å². The first kappa shape index (κ1) is 12.5. The summed E-state index contributed by atoms with van der Waals surface area (Å²) in [6.45, 7) is 5.20.